The van der Waals surface area contributed by atoms with Crippen molar-refractivity contribution in [2.24, 2.45) is 51.2 Å². The van der Waals surface area contributed by atoms with Crippen LogP contribution in [-0.2, 0) is 28.6 Å². The molecule has 7 heteroatoms. The van der Waals surface area contributed by atoms with Gasteiger partial charge in [0.15, 0.2) is 0 Å². The number of cyclic esters (lactones) is 2. The van der Waals surface area contributed by atoms with E-state index in [9.17, 15) is 19.5 Å². The number of fused-ring (bicyclic) bond motifs is 4. The van der Waals surface area contributed by atoms with E-state index < -0.39 is 0 Å². The van der Waals surface area contributed by atoms with E-state index in [0.29, 0.717) is 37.7 Å². The van der Waals surface area contributed by atoms with Gasteiger partial charge in [-0.1, -0.05) is 41.5 Å². The zero-order valence-corrected chi connectivity index (χ0v) is 25.1. The summed E-state index contributed by atoms with van der Waals surface area (Å²) in [6, 6.07) is 0. The van der Waals surface area contributed by atoms with Gasteiger partial charge in [-0.25, -0.2) is 0 Å². The number of carbonyl (C=O) groups is 3. The summed E-state index contributed by atoms with van der Waals surface area (Å²) in [5.74, 6) is 0.229. The molecule has 0 radical (unpaired) electrons. The van der Waals surface area contributed by atoms with E-state index in [1.54, 1.807) is 0 Å². The van der Waals surface area contributed by atoms with Crippen LogP contribution in [0.2, 0.25) is 0 Å². The number of hydrogen-bond donors (Lipinski definition) is 1. The van der Waals surface area contributed by atoms with Gasteiger partial charge in [-0.3, -0.25) is 14.4 Å². The van der Waals surface area contributed by atoms with E-state index in [-0.39, 0.29) is 75.6 Å². The van der Waals surface area contributed by atoms with E-state index in [4.69, 9.17) is 14.2 Å². The quantitative estimate of drug-likeness (QED) is 0.361. The standard InChI is InChI=1S/C32H50O7/c1-18-14-21(39-28(18)36)15-23(38-20(3)33)19(2)22-8-9-25-30(6)12-11-26(34)29(4,5)24(30)10-13-31(25,7)32(22)16-27(35)37-17-32/h18-19,21-26,34H,8-17H2,1-7H3/t18?,19-,21-,22-,23+,24+,25-,26+,30+,31-,32+/m1/s1. The van der Waals surface area contributed by atoms with E-state index >= 15 is 0 Å². The summed E-state index contributed by atoms with van der Waals surface area (Å²) < 4.78 is 17.4. The SMILES string of the molecule is CC(=O)O[C@@H](C[C@H]1CC(C)C(=O)O1)[C@H](C)[C@H]1CC[C@@H]2[C@@]3(C)CC[C@H](O)C(C)(C)[C@@H]3CC[C@@]2(C)[C@@]12COC(=O)C2. The Morgan fingerprint density at radius 1 is 1.08 bits per heavy atom. The summed E-state index contributed by atoms with van der Waals surface area (Å²) in [4.78, 5) is 37.3. The van der Waals surface area contributed by atoms with Gasteiger partial charge >= 0.3 is 17.9 Å². The molecule has 0 aromatic rings. The van der Waals surface area contributed by atoms with Gasteiger partial charge in [0.2, 0.25) is 0 Å². The zero-order valence-electron chi connectivity index (χ0n) is 25.1. The van der Waals surface area contributed by atoms with Gasteiger partial charge in [-0.05, 0) is 84.9 Å². The Labute approximate surface area is 234 Å². The Morgan fingerprint density at radius 2 is 1.79 bits per heavy atom. The van der Waals surface area contributed by atoms with Gasteiger partial charge in [0.25, 0.3) is 0 Å². The lowest BCUT2D eigenvalue weighted by Crippen LogP contribution is -2.66. The fraction of sp³-hybridized carbons (Fsp3) is 0.906. The summed E-state index contributed by atoms with van der Waals surface area (Å²) in [6.07, 6.45) is 6.49. The van der Waals surface area contributed by atoms with Crippen LogP contribution in [0.5, 0.6) is 0 Å². The number of ether oxygens (including phenoxy) is 3. The van der Waals surface area contributed by atoms with Crippen molar-refractivity contribution in [2.45, 2.75) is 125 Å². The predicted octanol–water partition coefficient (Wildman–Crippen LogP) is 5.46. The molecule has 0 bridgehead atoms. The highest BCUT2D eigenvalue weighted by atomic mass is 16.6. The number of hydrogen-bond acceptors (Lipinski definition) is 7. The number of aliphatic hydroxyl groups excluding tert-OH is 1. The molecule has 5 rings (SSSR count). The van der Waals surface area contributed by atoms with Crippen LogP contribution in [0, 0.1) is 51.2 Å². The maximum Gasteiger partial charge on any atom is 0.309 e. The normalized spacial score (nSPS) is 46.6. The third-order valence-corrected chi connectivity index (χ3v) is 12.9. The van der Waals surface area contributed by atoms with Crippen molar-refractivity contribution in [3.8, 4) is 0 Å². The molecule has 1 spiro atoms. The molecule has 220 valence electrons. The highest BCUT2D eigenvalue weighted by Gasteiger charge is 2.70. The van der Waals surface area contributed by atoms with Gasteiger partial charge in [0, 0.05) is 18.8 Å². The molecule has 3 saturated carbocycles. The maximum absolute atomic E-state index is 12.9. The minimum Gasteiger partial charge on any atom is -0.465 e. The molecule has 1 unspecified atom stereocenters. The van der Waals surface area contributed by atoms with Crippen molar-refractivity contribution in [3.63, 3.8) is 0 Å². The van der Waals surface area contributed by atoms with E-state index in [0.717, 1.165) is 38.5 Å². The molecule has 1 N–H and O–H groups in total. The van der Waals surface area contributed by atoms with Crippen LogP contribution in [0.3, 0.4) is 0 Å². The summed E-state index contributed by atoms with van der Waals surface area (Å²) in [5, 5.41) is 11.0. The predicted molar refractivity (Wildman–Crippen MR) is 145 cm³/mol. The lowest BCUT2D eigenvalue weighted by molar-refractivity contribution is -0.236. The zero-order chi connectivity index (χ0) is 28.5. The van der Waals surface area contributed by atoms with Crippen molar-refractivity contribution in [2.75, 3.05) is 6.61 Å². The molecule has 5 fully saturated rings. The number of carbonyl (C=O) groups excluding carboxylic acids is 3. The first-order chi connectivity index (χ1) is 18.2. The van der Waals surface area contributed by atoms with Gasteiger partial charge in [0.05, 0.1) is 25.0 Å². The van der Waals surface area contributed by atoms with Crippen LogP contribution in [0.15, 0.2) is 0 Å². The highest BCUT2D eigenvalue weighted by molar-refractivity contribution is 5.74. The third kappa shape index (κ3) is 4.35. The molecule has 39 heavy (non-hydrogen) atoms. The van der Waals surface area contributed by atoms with E-state index in [1.807, 2.05) is 6.92 Å². The minimum absolute atomic E-state index is 0.00840. The lowest BCUT2D eigenvalue weighted by atomic mass is 9.34. The monoisotopic (exact) mass is 546 g/mol. The Hall–Kier alpha value is -1.63. The molecular weight excluding hydrogens is 496 g/mol. The second kappa shape index (κ2) is 9.73. The molecule has 2 aliphatic heterocycles. The first-order valence-corrected chi connectivity index (χ1v) is 15.4. The largest absolute Gasteiger partial charge is 0.465 e. The average Bonchev–Trinajstić information content (AvgIpc) is 3.39. The fourth-order valence-electron chi connectivity index (χ4n) is 10.8. The second-order valence-corrected chi connectivity index (χ2v) is 15.1. The number of esters is 3. The highest BCUT2D eigenvalue weighted by Crippen LogP contribution is 2.74. The molecule has 0 aromatic carbocycles. The maximum atomic E-state index is 12.9. The summed E-state index contributed by atoms with van der Waals surface area (Å²) in [5.41, 5.74) is -0.482. The van der Waals surface area contributed by atoms with Crippen molar-refractivity contribution in [3.05, 3.63) is 0 Å². The van der Waals surface area contributed by atoms with Crippen molar-refractivity contribution < 1.29 is 33.7 Å². The van der Waals surface area contributed by atoms with Gasteiger partial charge in [0.1, 0.15) is 12.2 Å². The topological polar surface area (TPSA) is 99.1 Å². The van der Waals surface area contributed by atoms with Crippen LogP contribution >= 0.6 is 0 Å². The van der Waals surface area contributed by atoms with Crippen molar-refractivity contribution >= 4 is 17.9 Å². The van der Waals surface area contributed by atoms with Gasteiger partial charge in [-0.2, -0.15) is 0 Å². The third-order valence-electron chi connectivity index (χ3n) is 12.9. The number of rotatable bonds is 5. The molecule has 2 saturated heterocycles. The molecule has 7 nitrogen and oxygen atoms in total. The molecule has 0 amide bonds. The van der Waals surface area contributed by atoms with Crippen molar-refractivity contribution in [1.29, 1.82) is 0 Å². The summed E-state index contributed by atoms with van der Waals surface area (Å²) in [7, 11) is 0. The minimum atomic E-state index is -0.390. The summed E-state index contributed by atoms with van der Waals surface area (Å²) >= 11 is 0. The smallest absolute Gasteiger partial charge is 0.309 e. The van der Waals surface area contributed by atoms with Crippen LogP contribution in [0.4, 0.5) is 0 Å². The van der Waals surface area contributed by atoms with E-state index in [2.05, 4.69) is 34.6 Å². The lowest BCUT2D eigenvalue weighted by Gasteiger charge is -2.70. The first kappa shape index (κ1) is 28.9. The van der Waals surface area contributed by atoms with Crippen molar-refractivity contribution in [1.82, 2.24) is 0 Å². The Kier molecular flexibility index (Phi) is 7.21. The van der Waals surface area contributed by atoms with Gasteiger partial charge in [-0.15, -0.1) is 0 Å². The molecule has 2 heterocycles. The molecule has 0 aromatic heterocycles. The molecular formula is C32H50O7. The Bertz CT molecular complexity index is 1010. The fourth-order valence-corrected chi connectivity index (χ4v) is 10.8. The number of aliphatic hydroxyl groups is 1. The Balaban J connectivity index is 1.48. The van der Waals surface area contributed by atoms with Crippen LogP contribution in [-0.4, -0.2) is 47.9 Å². The van der Waals surface area contributed by atoms with E-state index in [1.165, 1.54) is 6.92 Å². The second-order valence-electron chi connectivity index (χ2n) is 15.1. The van der Waals surface area contributed by atoms with Gasteiger partial charge < -0.3 is 19.3 Å². The summed E-state index contributed by atoms with van der Waals surface area (Å²) in [6.45, 7) is 15.3. The van der Waals surface area contributed by atoms with Crippen LogP contribution in [0.25, 0.3) is 0 Å². The van der Waals surface area contributed by atoms with Crippen LogP contribution < -0.4 is 0 Å². The van der Waals surface area contributed by atoms with Crippen LogP contribution in [0.1, 0.15) is 106 Å². The average molecular weight is 547 g/mol. The molecule has 11 atom stereocenters. The molecule has 5 aliphatic rings. The first-order valence-electron chi connectivity index (χ1n) is 15.4. The molecule has 3 aliphatic carbocycles. The Morgan fingerprint density at radius 3 is 2.38 bits per heavy atom.